The number of carbonyl (C=O) groups is 1. The molecule has 0 aromatic heterocycles. The lowest BCUT2D eigenvalue weighted by atomic mass is 10.1. The van der Waals surface area contributed by atoms with Crippen LogP contribution in [0.15, 0.2) is 22.7 Å². The van der Waals surface area contributed by atoms with Crippen LogP contribution in [0, 0.1) is 0 Å². The van der Waals surface area contributed by atoms with Gasteiger partial charge in [0, 0.05) is 30.1 Å². The third-order valence-corrected chi connectivity index (χ3v) is 3.65. The molecule has 0 bridgehead atoms. The number of carbonyl (C=O) groups excluding carboxylic acids is 1. The Morgan fingerprint density at radius 2 is 2.33 bits per heavy atom. The number of piperazine rings is 1. The maximum Gasteiger partial charge on any atom is 0.257 e. The molecule has 1 fully saturated rings. The summed E-state index contributed by atoms with van der Waals surface area (Å²) in [5, 5.41) is 3.28. The van der Waals surface area contributed by atoms with Crippen LogP contribution in [-0.2, 0) is 0 Å². The largest absolute Gasteiger partial charge is 0.496 e. The molecule has 1 unspecified atom stereocenters. The fourth-order valence-electron chi connectivity index (χ4n) is 2.14. The normalized spacial score (nSPS) is 19.7. The van der Waals surface area contributed by atoms with E-state index in [4.69, 9.17) is 4.74 Å². The number of nitrogens with one attached hydrogen (secondary N) is 1. The summed E-state index contributed by atoms with van der Waals surface area (Å²) in [6.45, 7) is 4.46. The van der Waals surface area contributed by atoms with E-state index in [1.165, 1.54) is 0 Å². The van der Waals surface area contributed by atoms with Gasteiger partial charge in [-0.2, -0.15) is 0 Å². The van der Waals surface area contributed by atoms with Gasteiger partial charge in [-0.1, -0.05) is 15.9 Å². The second kappa shape index (κ2) is 5.71. The topological polar surface area (TPSA) is 41.6 Å². The van der Waals surface area contributed by atoms with Gasteiger partial charge in [-0.05, 0) is 25.1 Å². The van der Waals surface area contributed by atoms with Gasteiger partial charge < -0.3 is 15.0 Å². The van der Waals surface area contributed by atoms with Crippen molar-refractivity contribution in [3.05, 3.63) is 28.2 Å². The van der Waals surface area contributed by atoms with E-state index in [1.54, 1.807) is 7.11 Å². The molecule has 0 radical (unpaired) electrons. The summed E-state index contributed by atoms with van der Waals surface area (Å²) >= 11 is 3.39. The zero-order valence-electron chi connectivity index (χ0n) is 10.6. The van der Waals surface area contributed by atoms with Gasteiger partial charge in [-0.3, -0.25) is 4.79 Å². The Balaban J connectivity index is 2.29. The lowest BCUT2D eigenvalue weighted by molar-refractivity contribution is 0.0652. The molecule has 1 saturated heterocycles. The Morgan fingerprint density at radius 3 is 3.00 bits per heavy atom. The summed E-state index contributed by atoms with van der Waals surface area (Å²) in [5.74, 6) is 0.649. The Bertz CT molecular complexity index is 451. The number of amides is 1. The lowest BCUT2D eigenvalue weighted by Crippen LogP contribution is -2.52. The SMILES string of the molecule is COc1ccc(Br)cc1C(=O)N1CCNCC1C. The lowest BCUT2D eigenvalue weighted by Gasteiger charge is -2.34. The highest BCUT2D eigenvalue weighted by Crippen LogP contribution is 2.25. The molecule has 1 aromatic carbocycles. The van der Waals surface area contributed by atoms with Crippen LogP contribution in [0.2, 0.25) is 0 Å². The Hall–Kier alpha value is -1.07. The smallest absolute Gasteiger partial charge is 0.257 e. The Morgan fingerprint density at radius 1 is 1.56 bits per heavy atom. The highest BCUT2D eigenvalue weighted by Gasteiger charge is 2.26. The summed E-state index contributed by atoms with van der Waals surface area (Å²) in [7, 11) is 1.58. The number of nitrogens with zero attached hydrogens (tertiary/aromatic N) is 1. The Labute approximate surface area is 115 Å². The number of halogens is 1. The van der Waals surface area contributed by atoms with Gasteiger partial charge in [0.15, 0.2) is 0 Å². The first kappa shape index (κ1) is 13.4. The fourth-order valence-corrected chi connectivity index (χ4v) is 2.51. The van der Waals surface area contributed by atoms with Gasteiger partial charge in [-0.25, -0.2) is 0 Å². The first-order valence-electron chi connectivity index (χ1n) is 5.98. The molecular formula is C13H17BrN2O2. The molecule has 1 aliphatic rings. The van der Waals surface area contributed by atoms with E-state index in [0.717, 1.165) is 24.1 Å². The molecule has 0 aliphatic carbocycles. The Kier molecular flexibility index (Phi) is 4.24. The first-order valence-corrected chi connectivity index (χ1v) is 6.78. The molecule has 1 N–H and O–H groups in total. The summed E-state index contributed by atoms with van der Waals surface area (Å²) in [6, 6.07) is 5.70. The molecule has 1 aliphatic heterocycles. The molecular weight excluding hydrogens is 296 g/mol. The number of methoxy groups -OCH3 is 1. The van der Waals surface area contributed by atoms with Crippen LogP contribution in [0.1, 0.15) is 17.3 Å². The van der Waals surface area contributed by atoms with E-state index in [2.05, 4.69) is 28.2 Å². The van der Waals surface area contributed by atoms with Crippen molar-refractivity contribution in [1.82, 2.24) is 10.2 Å². The standard InChI is InChI=1S/C13H17BrN2O2/c1-9-8-15-5-6-16(9)13(17)11-7-10(14)3-4-12(11)18-2/h3-4,7,9,15H,5-6,8H2,1-2H3. The minimum atomic E-state index is 0.0298. The van der Waals surface area contributed by atoms with E-state index < -0.39 is 0 Å². The highest BCUT2D eigenvalue weighted by molar-refractivity contribution is 9.10. The van der Waals surface area contributed by atoms with E-state index in [0.29, 0.717) is 11.3 Å². The molecule has 5 heteroatoms. The van der Waals surface area contributed by atoms with Crippen molar-refractivity contribution < 1.29 is 9.53 Å². The van der Waals surface area contributed by atoms with E-state index in [1.807, 2.05) is 23.1 Å². The minimum Gasteiger partial charge on any atom is -0.496 e. The molecule has 2 rings (SSSR count). The zero-order chi connectivity index (χ0) is 13.1. The molecule has 1 amide bonds. The molecule has 98 valence electrons. The molecule has 0 spiro atoms. The summed E-state index contributed by atoms with van der Waals surface area (Å²) < 4.78 is 6.15. The van der Waals surface area contributed by atoms with Crippen molar-refractivity contribution in [3.8, 4) is 5.75 Å². The molecule has 18 heavy (non-hydrogen) atoms. The van der Waals surface area contributed by atoms with Crippen molar-refractivity contribution in [2.45, 2.75) is 13.0 Å². The van der Waals surface area contributed by atoms with Crippen LogP contribution < -0.4 is 10.1 Å². The van der Waals surface area contributed by atoms with Gasteiger partial charge in [0.1, 0.15) is 5.75 Å². The number of hydrogen-bond acceptors (Lipinski definition) is 3. The highest BCUT2D eigenvalue weighted by atomic mass is 79.9. The quantitative estimate of drug-likeness (QED) is 0.907. The van der Waals surface area contributed by atoms with Crippen molar-refractivity contribution in [1.29, 1.82) is 0 Å². The third-order valence-electron chi connectivity index (χ3n) is 3.15. The van der Waals surface area contributed by atoms with Crippen molar-refractivity contribution in [2.24, 2.45) is 0 Å². The van der Waals surface area contributed by atoms with E-state index in [-0.39, 0.29) is 11.9 Å². The van der Waals surface area contributed by atoms with E-state index >= 15 is 0 Å². The van der Waals surface area contributed by atoms with Crippen LogP contribution in [0.3, 0.4) is 0 Å². The molecule has 0 saturated carbocycles. The van der Waals surface area contributed by atoms with Crippen LogP contribution in [-0.4, -0.2) is 43.6 Å². The number of ether oxygens (including phenoxy) is 1. The zero-order valence-corrected chi connectivity index (χ0v) is 12.2. The van der Waals surface area contributed by atoms with Gasteiger partial charge >= 0.3 is 0 Å². The summed E-state index contributed by atoms with van der Waals surface area (Å²) in [5.41, 5.74) is 0.612. The van der Waals surface area contributed by atoms with Crippen molar-refractivity contribution in [3.63, 3.8) is 0 Å². The van der Waals surface area contributed by atoms with Gasteiger partial charge in [-0.15, -0.1) is 0 Å². The summed E-state index contributed by atoms with van der Waals surface area (Å²) in [6.07, 6.45) is 0. The molecule has 1 atom stereocenters. The second-order valence-corrected chi connectivity index (χ2v) is 5.31. The second-order valence-electron chi connectivity index (χ2n) is 4.40. The predicted molar refractivity (Wildman–Crippen MR) is 74.1 cm³/mol. The van der Waals surface area contributed by atoms with Gasteiger partial charge in [0.2, 0.25) is 0 Å². The molecule has 4 nitrogen and oxygen atoms in total. The average molecular weight is 313 g/mol. The van der Waals surface area contributed by atoms with Crippen LogP contribution >= 0.6 is 15.9 Å². The minimum absolute atomic E-state index is 0.0298. The van der Waals surface area contributed by atoms with Crippen LogP contribution in [0.25, 0.3) is 0 Å². The average Bonchev–Trinajstić information content (AvgIpc) is 2.38. The predicted octanol–water partition coefficient (Wildman–Crippen LogP) is 1.89. The van der Waals surface area contributed by atoms with Crippen molar-refractivity contribution in [2.75, 3.05) is 26.7 Å². The number of hydrogen-bond donors (Lipinski definition) is 1. The van der Waals surface area contributed by atoms with Crippen molar-refractivity contribution >= 4 is 21.8 Å². The first-order chi connectivity index (χ1) is 8.63. The fraction of sp³-hybridized carbons (Fsp3) is 0.462. The third kappa shape index (κ3) is 2.67. The molecule has 1 aromatic rings. The number of benzene rings is 1. The summed E-state index contributed by atoms with van der Waals surface area (Å²) in [4.78, 5) is 14.4. The maximum absolute atomic E-state index is 12.5. The maximum atomic E-state index is 12.5. The monoisotopic (exact) mass is 312 g/mol. The van der Waals surface area contributed by atoms with Gasteiger partial charge in [0.25, 0.3) is 5.91 Å². The molecule has 1 heterocycles. The van der Waals surface area contributed by atoms with Gasteiger partial charge in [0.05, 0.1) is 12.7 Å². The van der Waals surface area contributed by atoms with Crippen LogP contribution in [0.5, 0.6) is 5.75 Å². The van der Waals surface area contributed by atoms with E-state index in [9.17, 15) is 4.79 Å². The van der Waals surface area contributed by atoms with Crippen LogP contribution in [0.4, 0.5) is 0 Å². The number of rotatable bonds is 2.